The van der Waals surface area contributed by atoms with E-state index in [1.807, 2.05) is 0 Å². The SMILES string of the molecule is COc1ccc(S(=O)(=O)NCCCc2nc3c([nH]2)c(=O)n(C)c(=O)n3C)cc1. The molecular weight excluding hydrogens is 386 g/mol. The first-order valence-corrected chi connectivity index (χ1v) is 10.0. The molecule has 1 aromatic carbocycles. The molecule has 10 nitrogen and oxygen atoms in total. The first kappa shape index (κ1) is 19.8. The molecule has 0 saturated carbocycles. The van der Waals surface area contributed by atoms with Crippen molar-refractivity contribution in [3.8, 4) is 5.75 Å². The molecule has 0 spiro atoms. The second-order valence-corrected chi connectivity index (χ2v) is 8.03. The lowest BCUT2D eigenvalue weighted by Crippen LogP contribution is -2.36. The molecule has 150 valence electrons. The number of aromatic nitrogens is 4. The van der Waals surface area contributed by atoms with E-state index in [1.165, 1.54) is 37.9 Å². The van der Waals surface area contributed by atoms with E-state index in [0.29, 0.717) is 24.4 Å². The normalized spacial score (nSPS) is 11.8. The fourth-order valence-corrected chi connectivity index (χ4v) is 3.87. The number of sulfonamides is 1. The largest absolute Gasteiger partial charge is 0.497 e. The maximum Gasteiger partial charge on any atom is 0.332 e. The Bertz CT molecular complexity index is 1220. The van der Waals surface area contributed by atoms with Crippen molar-refractivity contribution in [1.82, 2.24) is 23.8 Å². The molecule has 28 heavy (non-hydrogen) atoms. The summed E-state index contributed by atoms with van der Waals surface area (Å²) in [6.07, 6.45) is 0.876. The van der Waals surface area contributed by atoms with Gasteiger partial charge < -0.3 is 9.72 Å². The van der Waals surface area contributed by atoms with Crippen LogP contribution in [0.1, 0.15) is 12.2 Å². The van der Waals surface area contributed by atoms with Gasteiger partial charge in [0.15, 0.2) is 5.65 Å². The lowest BCUT2D eigenvalue weighted by molar-refractivity contribution is 0.414. The second-order valence-electron chi connectivity index (χ2n) is 6.26. The first-order valence-electron chi connectivity index (χ1n) is 8.53. The highest BCUT2D eigenvalue weighted by atomic mass is 32.2. The third kappa shape index (κ3) is 3.71. The number of fused-ring (bicyclic) bond motifs is 1. The van der Waals surface area contributed by atoms with Crippen LogP contribution in [-0.2, 0) is 30.5 Å². The number of H-pyrrole nitrogens is 1. The molecule has 2 aromatic heterocycles. The molecule has 11 heteroatoms. The van der Waals surface area contributed by atoms with Crippen LogP contribution >= 0.6 is 0 Å². The first-order chi connectivity index (χ1) is 13.2. The lowest BCUT2D eigenvalue weighted by Gasteiger charge is -2.07. The Morgan fingerprint density at radius 1 is 1.14 bits per heavy atom. The molecule has 0 unspecified atom stereocenters. The van der Waals surface area contributed by atoms with E-state index in [2.05, 4.69) is 14.7 Å². The van der Waals surface area contributed by atoms with E-state index >= 15 is 0 Å². The number of ether oxygens (including phenoxy) is 1. The van der Waals surface area contributed by atoms with Crippen molar-refractivity contribution < 1.29 is 13.2 Å². The summed E-state index contributed by atoms with van der Waals surface area (Å²) in [4.78, 5) is 31.5. The third-order valence-electron chi connectivity index (χ3n) is 4.40. The van der Waals surface area contributed by atoms with Crippen LogP contribution in [0.5, 0.6) is 5.75 Å². The predicted octanol–water partition coefficient (Wildman–Crippen LogP) is -0.120. The van der Waals surface area contributed by atoms with Crippen molar-refractivity contribution >= 4 is 21.2 Å². The van der Waals surface area contributed by atoms with E-state index in [9.17, 15) is 18.0 Å². The number of aromatic amines is 1. The van der Waals surface area contributed by atoms with Gasteiger partial charge in [-0.2, -0.15) is 0 Å². The van der Waals surface area contributed by atoms with Crippen molar-refractivity contribution in [2.45, 2.75) is 17.7 Å². The minimum absolute atomic E-state index is 0.149. The Morgan fingerprint density at radius 2 is 1.82 bits per heavy atom. The van der Waals surface area contributed by atoms with Gasteiger partial charge in [0.25, 0.3) is 5.56 Å². The van der Waals surface area contributed by atoms with Crippen molar-refractivity contribution in [2.75, 3.05) is 13.7 Å². The van der Waals surface area contributed by atoms with Gasteiger partial charge in [0.1, 0.15) is 17.1 Å². The highest BCUT2D eigenvalue weighted by molar-refractivity contribution is 7.89. The van der Waals surface area contributed by atoms with Crippen LogP contribution < -0.4 is 20.7 Å². The Labute approximate surface area is 160 Å². The summed E-state index contributed by atoms with van der Waals surface area (Å²) in [7, 11) is 0.824. The summed E-state index contributed by atoms with van der Waals surface area (Å²) in [5, 5.41) is 0. The summed E-state index contributed by atoms with van der Waals surface area (Å²) < 4.78 is 34.4. The van der Waals surface area contributed by atoms with Gasteiger partial charge in [0.05, 0.1) is 12.0 Å². The molecule has 0 radical (unpaired) electrons. The quantitative estimate of drug-likeness (QED) is 0.526. The zero-order valence-corrected chi connectivity index (χ0v) is 16.5. The van der Waals surface area contributed by atoms with Crippen molar-refractivity contribution in [1.29, 1.82) is 0 Å². The van der Waals surface area contributed by atoms with Crippen molar-refractivity contribution in [3.63, 3.8) is 0 Å². The molecule has 0 amide bonds. The number of nitrogens with one attached hydrogen (secondary N) is 2. The molecule has 3 aromatic rings. The number of nitrogens with zero attached hydrogens (tertiary/aromatic N) is 3. The van der Waals surface area contributed by atoms with Gasteiger partial charge in [-0.1, -0.05) is 0 Å². The summed E-state index contributed by atoms with van der Waals surface area (Å²) in [6.45, 7) is 0.197. The van der Waals surface area contributed by atoms with E-state index < -0.39 is 21.3 Å². The number of imidazole rings is 1. The summed E-state index contributed by atoms with van der Waals surface area (Å²) in [5.41, 5.74) is -0.375. The fraction of sp³-hybridized carbons (Fsp3) is 0.353. The van der Waals surface area contributed by atoms with E-state index in [0.717, 1.165) is 4.57 Å². The predicted molar refractivity (Wildman–Crippen MR) is 103 cm³/mol. The van der Waals surface area contributed by atoms with E-state index in [1.54, 1.807) is 12.1 Å². The highest BCUT2D eigenvalue weighted by Crippen LogP contribution is 2.15. The summed E-state index contributed by atoms with van der Waals surface area (Å²) in [6, 6.07) is 6.09. The average molecular weight is 407 g/mol. The Hall–Kier alpha value is -2.92. The number of hydrogen-bond acceptors (Lipinski definition) is 6. The molecule has 0 atom stereocenters. The molecule has 0 bridgehead atoms. The minimum Gasteiger partial charge on any atom is -0.497 e. The molecule has 0 saturated heterocycles. The van der Waals surface area contributed by atoms with Gasteiger partial charge in [0, 0.05) is 27.1 Å². The minimum atomic E-state index is -3.62. The average Bonchev–Trinajstić information content (AvgIpc) is 3.12. The van der Waals surface area contributed by atoms with Crippen LogP contribution in [0.25, 0.3) is 11.2 Å². The monoisotopic (exact) mass is 407 g/mol. The maximum absolute atomic E-state index is 12.3. The maximum atomic E-state index is 12.3. The number of benzene rings is 1. The van der Waals surface area contributed by atoms with Gasteiger partial charge in [-0.05, 0) is 30.7 Å². The van der Waals surface area contributed by atoms with Crippen LogP contribution in [0.4, 0.5) is 0 Å². The van der Waals surface area contributed by atoms with Crippen LogP contribution in [0.15, 0.2) is 38.8 Å². The van der Waals surface area contributed by atoms with Crippen LogP contribution in [0.2, 0.25) is 0 Å². The number of rotatable bonds is 7. The topological polar surface area (TPSA) is 128 Å². The molecule has 0 fully saturated rings. The highest BCUT2D eigenvalue weighted by Gasteiger charge is 2.15. The zero-order chi connectivity index (χ0) is 20.5. The number of hydrogen-bond donors (Lipinski definition) is 2. The van der Waals surface area contributed by atoms with Gasteiger partial charge in [-0.3, -0.25) is 13.9 Å². The van der Waals surface area contributed by atoms with Crippen molar-refractivity contribution in [2.24, 2.45) is 14.1 Å². The van der Waals surface area contributed by atoms with Gasteiger partial charge in [-0.25, -0.2) is 22.9 Å². The standard InChI is InChI=1S/C17H21N5O5S/c1-21-15-14(16(23)22(2)17(21)24)19-13(20-15)5-4-10-18-28(25,26)12-8-6-11(27-3)7-9-12/h6-9,18H,4-5,10H2,1-3H3,(H,19,20). The van der Waals surface area contributed by atoms with Gasteiger partial charge in [0.2, 0.25) is 10.0 Å². The Balaban J connectivity index is 1.66. The second kappa shape index (κ2) is 7.60. The molecule has 2 heterocycles. The van der Waals surface area contributed by atoms with Gasteiger partial charge >= 0.3 is 5.69 Å². The van der Waals surface area contributed by atoms with Gasteiger partial charge in [-0.15, -0.1) is 0 Å². The number of methoxy groups -OCH3 is 1. The third-order valence-corrected chi connectivity index (χ3v) is 5.87. The molecule has 3 rings (SSSR count). The van der Waals surface area contributed by atoms with Crippen molar-refractivity contribution in [3.05, 3.63) is 50.9 Å². The lowest BCUT2D eigenvalue weighted by atomic mass is 10.3. The smallest absolute Gasteiger partial charge is 0.332 e. The van der Waals surface area contributed by atoms with Crippen LogP contribution in [-0.4, -0.2) is 41.2 Å². The van der Waals surface area contributed by atoms with E-state index in [-0.39, 0.29) is 22.6 Å². The Kier molecular flexibility index (Phi) is 5.38. The fourth-order valence-electron chi connectivity index (χ4n) is 2.79. The van der Waals surface area contributed by atoms with Crippen LogP contribution in [0, 0.1) is 0 Å². The van der Waals surface area contributed by atoms with Crippen LogP contribution in [0.3, 0.4) is 0 Å². The zero-order valence-electron chi connectivity index (χ0n) is 15.7. The summed E-state index contributed by atoms with van der Waals surface area (Å²) in [5.74, 6) is 1.08. The molecular formula is C17H21N5O5S. The summed E-state index contributed by atoms with van der Waals surface area (Å²) >= 11 is 0. The van der Waals surface area contributed by atoms with E-state index in [4.69, 9.17) is 4.74 Å². The molecule has 2 N–H and O–H groups in total. The molecule has 0 aliphatic rings. The Morgan fingerprint density at radius 3 is 2.46 bits per heavy atom. The number of aryl methyl sites for hydroxylation is 2. The molecule has 0 aliphatic carbocycles. The molecule has 0 aliphatic heterocycles.